The quantitative estimate of drug-likeness (QED) is 0.799. The van der Waals surface area contributed by atoms with Crippen LogP contribution in [0.1, 0.15) is 12.5 Å². The molecule has 2 nitrogen and oxygen atoms in total. The summed E-state index contributed by atoms with van der Waals surface area (Å²) in [6.07, 6.45) is 0.0480. The first-order valence-corrected chi connectivity index (χ1v) is 4.90. The summed E-state index contributed by atoms with van der Waals surface area (Å²) in [6, 6.07) is 5.84. The number of ether oxygens (including phenoxy) is 1. The molecule has 1 heterocycles. The fourth-order valence-corrected chi connectivity index (χ4v) is 1.65. The van der Waals surface area contributed by atoms with Crippen LogP contribution in [0.25, 0.3) is 0 Å². The fourth-order valence-electron chi connectivity index (χ4n) is 1.65. The van der Waals surface area contributed by atoms with Crippen LogP contribution < -0.4 is 10.1 Å². The lowest BCUT2D eigenvalue weighted by Gasteiger charge is -2.10. The van der Waals surface area contributed by atoms with Gasteiger partial charge in [0.1, 0.15) is 18.5 Å². The smallest absolute Gasteiger partial charge is 0.131 e. The number of alkyl halides is 1. The lowest BCUT2D eigenvalue weighted by atomic mass is 10.1. The van der Waals surface area contributed by atoms with E-state index in [0.717, 1.165) is 24.4 Å². The van der Waals surface area contributed by atoms with E-state index in [-0.39, 0.29) is 6.61 Å². The predicted molar refractivity (Wildman–Crippen MR) is 54.7 cm³/mol. The Labute approximate surface area is 83.1 Å². The molecule has 1 aromatic rings. The summed E-state index contributed by atoms with van der Waals surface area (Å²) < 4.78 is 18.0. The molecule has 0 amide bonds. The molecule has 1 N–H and O–H groups in total. The highest BCUT2D eigenvalue weighted by molar-refractivity contribution is 5.61. The van der Waals surface area contributed by atoms with Gasteiger partial charge in [-0.15, -0.1) is 0 Å². The van der Waals surface area contributed by atoms with Crippen molar-refractivity contribution in [2.24, 2.45) is 0 Å². The van der Waals surface area contributed by atoms with Crippen LogP contribution in [-0.2, 0) is 6.42 Å². The van der Waals surface area contributed by atoms with Crippen LogP contribution >= 0.6 is 0 Å². The largest absolute Gasteiger partial charge is 0.490 e. The number of benzene rings is 1. The molecule has 0 fully saturated rings. The Morgan fingerprint density at radius 2 is 2.43 bits per heavy atom. The van der Waals surface area contributed by atoms with Gasteiger partial charge >= 0.3 is 0 Å². The van der Waals surface area contributed by atoms with Crippen molar-refractivity contribution in [3.05, 3.63) is 23.8 Å². The normalized spacial score (nSPS) is 15.9. The van der Waals surface area contributed by atoms with E-state index in [1.54, 1.807) is 0 Å². The van der Waals surface area contributed by atoms with Crippen molar-refractivity contribution in [2.45, 2.75) is 19.5 Å². The van der Waals surface area contributed by atoms with Crippen LogP contribution in [-0.4, -0.2) is 19.3 Å². The highest BCUT2D eigenvalue weighted by Crippen LogP contribution is 2.30. The van der Waals surface area contributed by atoms with Crippen LogP contribution in [0.4, 0.5) is 10.1 Å². The maximum atomic E-state index is 12.6. The molecule has 1 aliphatic heterocycles. The number of fused-ring (bicyclic) bond motifs is 1. The molecule has 0 spiro atoms. The average Bonchev–Trinajstić information content (AvgIpc) is 2.62. The molecule has 0 bridgehead atoms. The first kappa shape index (κ1) is 9.31. The van der Waals surface area contributed by atoms with Gasteiger partial charge in [-0.1, -0.05) is 6.07 Å². The molecule has 0 saturated carbocycles. The third-order valence-electron chi connectivity index (χ3n) is 2.29. The summed E-state index contributed by atoms with van der Waals surface area (Å²) in [5.41, 5.74) is 2.29. The van der Waals surface area contributed by atoms with Crippen molar-refractivity contribution in [3.63, 3.8) is 0 Å². The zero-order valence-corrected chi connectivity index (χ0v) is 8.22. The Bertz CT molecular complexity index is 325. The molecule has 3 heteroatoms. The minimum atomic E-state index is -0.916. The Morgan fingerprint density at radius 1 is 1.57 bits per heavy atom. The number of hydrogen-bond donors (Lipinski definition) is 1. The molecule has 0 radical (unpaired) electrons. The lowest BCUT2D eigenvalue weighted by Crippen LogP contribution is -2.09. The number of anilines is 1. The first-order valence-electron chi connectivity index (χ1n) is 4.90. The Hall–Kier alpha value is -1.25. The van der Waals surface area contributed by atoms with E-state index in [0.29, 0.717) is 0 Å². The van der Waals surface area contributed by atoms with E-state index in [2.05, 4.69) is 5.32 Å². The van der Waals surface area contributed by atoms with Gasteiger partial charge in [0.05, 0.1) is 0 Å². The van der Waals surface area contributed by atoms with Crippen molar-refractivity contribution < 1.29 is 9.13 Å². The molecule has 14 heavy (non-hydrogen) atoms. The Balaban J connectivity index is 2.14. The molecule has 1 atom stereocenters. The SMILES string of the molecule is CC(F)COc1cccc2c1CCN2. The van der Waals surface area contributed by atoms with Gasteiger partial charge < -0.3 is 10.1 Å². The van der Waals surface area contributed by atoms with Crippen LogP contribution in [0, 0.1) is 0 Å². The number of nitrogens with one attached hydrogen (secondary N) is 1. The third-order valence-corrected chi connectivity index (χ3v) is 2.29. The van der Waals surface area contributed by atoms with E-state index in [4.69, 9.17) is 4.74 Å². The zero-order chi connectivity index (χ0) is 9.97. The highest BCUT2D eigenvalue weighted by Gasteiger charge is 2.14. The van der Waals surface area contributed by atoms with Crippen LogP contribution in [0.2, 0.25) is 0 Å². The summed E-state index contributed by atoms with van der Waals surface area (Å²) in [5.74, 6) is 0.817. The molecule has 2 rings (SSSR count). The van der Waals surface area contributed by atoms with Crippen LogP contribution in [0.5, 0.6) is 5.75 Å². The minimum absolute atomic E-state index is 0.135. The van der Waals surface area contributed by atoms with E-state index in [9.17, 15) is 4.39 Å². The molecule has 76 valence electrons. The van der Waals surface area contributed by atoms with Crippen molar-refractivity contribution in [3.8, 4) is 5.75 Å². The van der Waals surface area contributed by atoms with Gasteiger partial charge in [0.25, 0.3) is 0 Å². The third kappa shape index (κ3) is 1.81. The van der Waals surface area contributed by atoms with Gasteiger partial charge in [0.2, 0.25) is 0 Å². The average molecular weight is 195 g/mol. The van der Waals surface area contributed by atoms with Crippen LogP contribution in [0.15, 0.2) is 18.2 Å². The number of halogens is 1. The molecule has 0 aliphatic carbocycles. The van der Waals surface area contributed by atoms with Crippen molar-refractivity contribution in [2.75, 3.05) is 18.5 Å². The summed E-state index contributed by atoms with van der Waals surface area (Å²) in [4.78, 5) is 0. The highest BCUT2D eigenvalue weighted by atomic mass is 19.1. The summed E-state index contributed by atoms with van der Waals surface area (Å²) in [7, 11) is 0. The van der Waals surface area contributed by atoms with Crippen LogP contribution in [0.3, 0.4) is 0 Å². The summed E-state index contributed by atoms with van der Waals surface area (Å²) >= 11 is 0. The summed E-state index contributed by atoms with van der Waals surface area (Å²) in [5, 5.41) is 3.25. The second-order valence-corrected chi connectivity index (χ2v) is 3.55. The number of hydrogen-bond acceptors (Lipinski definition) is 2. The maximum Gasteiger partial charge on any atom is 0.131 e. The van der Waals surface area contributed by atoms with Gasteiger partial charge in [0.15, 0.2) is 0 Å². The van der Waals surface area contributed by atoms with E-state index in [1.165, 1.54) is 12.5 Å². The van der Waals surface area contributed by atoms with Crippen molar-refractivity contribution in [1.29, 1.82) is 0 Å². The molecule has 0 saturated heterocycles. The van der Waals surface area contributed by atoms with Gasteiger partial charge in [-0.25, -0.2) is 4.39 Å². The van der Waals surface area contributed by atoms with E-state index >= 15 is 0 Å². The van der Waals surface area contributed by atoms with Crippen molar-refractivity contribution >= 4 is 5.69 Å². The monoisotopic (exact) mass is 195 g/mol. The van der Waals surface area contributed by atoms with Gasteiger partial charge in [0, 0.05) is 17.8 Å². The maximum absolute atomic E-state index is 12.6. The topological polar surface area (TPSA) is 21.3 Å². The van der Waals surface area contributed by atoms with Gasteiger partial charge in [-0.05, 0) is 25.5 Å². The van der Waals surface area contributed by atoms with Crippen molar-refractivity contribution in [1.82, 2.24) is 0 Å². The Morgan fingerprint density at radius 3 is 3.21 bits per heavy atom. The number of rotatable bonds is 3. The molecule has 0 aromatic heterocycles. The molecule has 1 unspecified atom stereocenters. The predicted octanol–water partition coefficient (Wildman–Crippen LogP) is 2.39. The Kier molecular flexibility index (Phi) is 2.57. The van der Waals surface area contributed by atoms with Gasteiger partial charge in [-0.2, -0.15) is 0 Å². The molecule has 1 aromatic carbocycles. The standard InChI is InChI=1S/C11H14FNO/c1-8(12)7-14-11-4-2-3-10-9(11)5-6-13-10/h2-4,8,13H,5-7H2,1H3. The van der Waals surface area contributed by atoms with Gasteiger partial charge in [-0.3, -0.25) is 0 Å². The zero-order valence-electron chi connectivity index (χ0n) is 8.22. The molecule has 1 aliphatic rings. The van der Waals surface area contributed by atoms with E-state index in [1.807, 2.05) is 18.2 Å². The molecular formula is C11H14FNO. The van der Waals surface area contributed by atoms with E-state index < -0.39 is 6.17 Å². The summed E-state index contributed by atoms with van der Waals surface area (Å²) in [6.45, 7) is 2.58. The first-order chi connectivity index (χ1) is 6.77. The second-order valence-electron chi connectivity index (χ2n) is 3.55. The molecular weight excluding hydrogens is 181 g/mol. The second kappa shape index (κ2) is 3.86. The lowest BCUT2D eigenvalue weighted by molar-refractivity contribution is 0.208. The minimum Gasteiger partial charge on any atom is -0.490 e. The fraction of sp³-hybridized carbons (Fsp3) is 0.455.